The monoisotopic (exact) mass is 146 g/mol. The van der Waals surface area contributed by atoms with Crippen LogP contribution in [0.15, 0.2) is 23.8 Å². The van der Waals surface area contributed by atoms with Crippen LogP contribution >= 0.6 is 11.2 Å². The molecule has 0 spiro atoms. The molecule has 8 heavy (non-hydrogen) atoms. The highest BCUT2D eigenvalue weighted by atomic mass is 32.4. The van der Waals surface area contributed by atoms with E-state index < -0.39 is 8.91 Å². The van der Waals surface area contributed by atoms with Gasteiger partial charge < -0.3 is 4.89 Å². The van der Waals surface area contributed by atoms with E-state index in [0.717, 1.165) is 0 Å². The predicted molar refractivity (Wildman–Crippen MR) is 36.6 cm³/mol. The summed E-state index contributed by atoms with van der Waals surface area (Å²) in [6, 6.07) is 0. The Balaban J connectivity index is 2.33. The van der Waals surface area contributed by atoms with Gasteiger partial charge in [0.15, 0.2) is 0 Å². The van der Waals surface area contributed by atoms with Gasteiger partial charge in [-0.25, -0.2) is 4.58 Å². The molecule has 0 unspecified atom stereocenters. The molecular formula is C4H6O2SSi. The van der Waals surface area contributed by atoms with Crippen molar-refractivity contribution in [3.05, 3.63) is 23.8 Å². The van der Waals surface area contributed by atoms with Crippen molar-refractivity contribution >= 4 is 20.1 Å². The van der Waals surface area contributed by atoms with Crippen molar-refractivity contribution < 1.29 is 9.46 Å². The largest absolute Gasteiger partial charge is 0.357 e. The number of allylic oxidation sites excluding steroid dienone is 2. The van der Waals surface area contributed by atoms with Crippen LogP contribution in [0.3, 0.4) is 0 Å². The Bertz CT molecular complexity index is 98.6. The maximum atomic E-state index is 4.74. The van der Waals surface area contributed by atoms with Crippen molar-refractivity contribution in [1.82, 2.24) is 0 Å². The Kier molecular flexibility index (Phi) is 2.79. The van der Waals surface area contributed by atoms with Crippen LogP contribution in [0.5, 0.6) is 0 Å². The summed E-state index contributed by atoms with van der Waals surface area (Å²) in [7, 11) is -0.492. The van der Waals surface area contributed by atoms with Crippen molar-refractivity contribution in [3.63, 3.8) is 0 Å². The molecule has 1 rings (SSSR count). The van der Waals surface area contributed by atoms with Crippen LogP contribution in [-0.2, 0) is 9.46 Å². The molecule has 0 atom stereocenters. The van der Waals surface area contributed by atoms with Gasteiger partial charge in [0.05, 0.1) is 0 Å². The molecule has 44 valence electrons. The quantitative estimate of drug-likeness (QED) is 0.370. The lowest BCUT2D eigenvalue weighted by atomic mass is 10.6. The van der Waals surface area contributed by atoms with Gasteiger partial charge in [0, 0.05) is 0 Å². The zero-order valence-corrected chi connectivity index (χ0v) is 6.47. The van der Waals surface area contributed by atoms with E-state index in [1.165, 1.54) is 6.26 Å². The van der Waals surface area contributed by atoms with Gasteiger partial charge in [0.25, 0.3) is 8.91 Å². The van der Waals surface area contributed by atoms with E-state index in [9.17, 15) is 0 Å². The summed E-state index contributed by atoms with van der Waals surface area (Å²) in [5, 5.41) is 2.01. The summed E-state index contributed by atoms with van der Waals surface area (Å²) in [5.74, 6) is 0. The third-order valence-corrected chi connectivity index (χ3v) is 2.60. The van der Waals surface area contributed by atoms with Gasteiger partial charge in [-0.05, 0) is 11.5 Å². The second-order valence-corrected chi connectivity index (χ2v) is 3.94. The van der Waals surface area contributed by atoms with E-state index in [1.807, 2.05) is 11.5 Å². The van der Waals surface area contributed by atoms with Crippen LogP contribution in [0.25, 0.3) is 0 Å². The van der Waals surface area contributed by atoms with Gasteiger partial charge in [-0.3, -0.25) is 0 Å². The van der Waals surface area contributed by atoms with E-state index in [-0.39, 0.29) is 0 Å². The minimum absolute atomic E-state index is 0.492. The fourth-order valence-electron chi connectivity index (χ4n) is 0.312. The zero-order valence-electron chi connectivity index (χ0n) is 4.24. The van der Waals surface area contributed by atoms with Gasteiger partial charge in [-0.15, -0.1) is 11.2 Å². The topological polar surface area (TPSA) is 18.5 Å². The Hall–Kier alpha value is -0.193. The Labute approximate surface area is 54.1 Å². The molecule has 1 heterocycles. The minimum atomic E-state index is -0.492. The molecule has 0 aromatic carbocycles. The van der Waals surface area contributed by atoms with Crippen LogP contribution in [-0.4, -0.2) is 8.91 Å². The lowest BCUT2D eigenvalue weighted by Gasteiger charge is -1.97. The molecule has 0 radical (unpaired) electrons. The molecule has 0 saturated carbocycles. The van der Waals surface area contributed by atoms with Gasteiger partial charge in [-0.2, -0.15) is 0 Å². The molecule has 0 amide bonds. The molecule has 0 aliphatic carbocycles. The molecule has 1 aliphatic heterocycles. The van der Waals surface area contributed by atoms with Crippen molar-refractivity contribution in [2.75, 3.05) is 0 Å². The lowest BCUT2D eigenvalue weighted by molar-refractivity contribution is -0.145. The van der Waals surface area contributed by atoms with Crippen LogP contribution in [0.4, 0.5) is 0 Å². The second kappa shape index (κ2) is 3.77. The molecule has 0 bridgehead atoms. The maximum Gasteiger partial charge on any atom is 0.288 e. The van der Waals surface area contributed by atoms with Gasteiger partial charge in [-0.1, -0.05) is 6.08 Å². The molecule has 2 nitrogen and oxygen atoms in total. The molecular weight excluding hydrogens is 140 g/mol. The molecule has 0 fully saturated rings. The first-order chi connectivity index (χ1) is 4.00. The zero-order chi connectivity index (χ0) is 5.66. The number of hydrogen-bond acceptors (Lipinski definition) is 3. The first kappa shape index (κ1) is 5.93. The summed E-state index contributed by atoms with van der Waals surface area (Å²) in [6.07, 6.45) is 5.25. The molecule has 0 N–H and O–H groups in total. The molecule has 0 saturated heterocycles. The minimum Gasteiger partial charge on any atom is -0.357 e. The first-order valence-electron chi connectivity index (χ1n) is 2.22. The van der Waals surface area contributed by atoms with Gasteiger partial charge in [0.2, 0.25) is 0 Å². The SMILES string of the molecule is C1=C\OO[SiH2]S\C=C/1. The van der Waals surface area contributed by atoms with E-state index in [4.69, 9.17) is 4.58 Å². The summed E-state index contributed by atoms with van der Waals surface area (Å²) in [6.45, 7) is 0. The summed E-state index contributed by atoms with van der Waals surface area (Å²) in [4.78, 5) is 4.58. The van der Waals surface area contributed by atoms with E-state index in [0.29, 0.717) is 0 Å². The van der Waals surface area contributed by atoms with Crippen molar-refractivity contribution in [2.45, 2.75) is 0 Å². The van der Waals surface area contributed by atoms with Crippen LogP contribution < -0.4 is 0 Å². The average Bonchev–Trinajstić information content (AvgIpc) is 1.62. The third-order valence-electron chi connectivity index (χ3n) is 0.604. The Morgan fingerprint density at radius 1 is 1.38 bits per heavy atom. The van der Waals surface area contributed by atoms with Crippen molar-refractivity contribution in [1.29, 1.82) is 0 Å². The molecule has 0 aromatic rings. The summed E-state index contributed by atoms with van der Waals surface area (Å²) >= 11 is 1.69. The van der Waals surface area contributed by atoms with Crippen molar-refractivity contribution in [2.24, 2.45) is 0 Å². The van der Waals surface area contributed by atoms with Crippen molar-refractivity contribution in [3.8, 4) is 0 Å². The highest BCUT2D eigenvalue weighted by molar-refractivity contribution is 8.24. The fraction of sp³-hybridized carbons (Fsp3) is 0. The molecule has 4 heteroatoms. The van der Waals surface area contributed by atoms with E-state index >= 15 is 0 Å². The van der Waals surface area contributed by atoms with Crippen LogP contribution in [0, 0.1) is 0 Å². The Morgan fingerprint density at radius 3 is 3.38 bits per heavy atom. The first-order valence-corrected chi connectivity index (χ1v) is 5.57. The van der Waals surface area contributed by atoms with Crippen LogP contribution in [0.2, 0.25) is 0 Å². The van der Waals surface area contributed by atoms with E-state index in [1.54, 1.807) is 17.3 Å². The Morgan fingerprint density at radius 2 is 2.38 bits per heavy atom. The smallest absolute Gasteiger partial charge is 0.288 e. The fourth-order valence-corrected chi connectivity index (χ4v) is 1.68. The van der Waals surface area contributed by atoms with E-state index in [2.05, 4.69) is 4.89 Å². The summed E-state index contributed by atoms with van der Waals surface area (Å²) < 4.78 is 4.74. The highest BCUT2D eigenvalue weighted by Gasteiger charge is 1.85. The third kappa shape index (κ3) is 2.20. The number of rotatable bonds is 0. The maximum absolute atomic E-state index is 4.74. The van der Waals surface area contributed by atoms with Gasteiger partial charge in [0.1, 0.15) is 6.26 Å². The standard InChI is InChI=1S/C4H6O2SSi/c1-2-4-7-8-6-5-3-1/h1-4H,8H2/b3-1-,4-2-. The normalized spacial score (nSPS) is 30.0. The second-order valence-electron chi connectivity index (χ2n) is 1.16. The molecule has 0 aromatic heterocycles. The highest BCUT2D eigenvalue weighted by Crippen LogP contribution is 2.02. The molecule has 1 aliphatic rings. The average molecular weight is 146 g/mol. The lowest BCUT2D eigenvalue weighted by Crippen LogP contribution is -1.90. The van der Waals surface area contributed by atoms with Crippen LogP contribution in [0.1, 0.15) is 0 Å². The predicted octanol–water partition coefficient (Wildman–Crippen LogP) is 0.708. The number of hydrogen-bond donors (Lipinski definition) is 0. The van der Waals surface area contributed by atoms with Gasteiger partial charge >= 0.3 is 0 Å². The summed E-state index contributed by atoms with van der Waals surface area (Å²) in [5.41, 5.74) is 0.